The molecular weight excluding hydrogens is 340 g/mol. The van der Waals surface area contributed by atoms with E-state index in [1.54, 1.807) is 7.11 Å². The first-order valence-electron chi connectivity index (χ1n) is 9.80. The van der Waals surface area contributed by atoms with Gasteiger partial charge in [-0.15, -0.1) is 0 Å². The fourth-order valence-corrected chi connectivity index (χ4v) is 5.75. The summed E-state index contributed by atoms with van der Waals surface area (Å²) in [7, 11) is -1.17. The lowest BCUT2D eigenvalue weighted by Gasteiger charge is -2.42. The molecular formula is C18H34N2O4S. The van der Waals surface area contributed by atoms with Gasteiger partial charge in [-0.25, -0.2) is 8.42 Å². The summed E-state index contributed by atoms with van der Waals surface area (Å²) in [6.07, 6.45) is 10.1. The van der Waals surface area contributed by atoms with Crippen LogP contribution in [0.15, 0.2) is 0 Å². The number of hydrogen-bond acceptors (Lipinski definition) is 6. The Kier molecular flexibility index (Phi) is 6.77. The molecule has 1 saturated heterocycles. The third-order valence-electron chi connectivity index (χ3n) is 6.31. The van der Waals surface area contributed by atoms with Crippen LogP contribution in [0.3, 0.4) is 0 Å². The van der Waals surface area contributed by atoms with E-state index < -0.39 is 9.84 Å². The number of rotatable bonds is 6. The predicted octanol–water partition coefficient (Wildman–Crippen LogP) is 1.66. The zero-order valence-electron chi connectivity index (χ0n) is 15.6. The van der Waals surface area contributed by atoms with E-state index >= 15 is 0 Å². The van der Waals surface area contributed by atoms with Crippen LogP contribution < -0.4 is 10.6 Å². The van der Waals surface area contributed by atoms with Crippen LogP contribution >= 0.6 is 0 Å². The zero-order chi connectivity index (χ0) is 17.9. The molecule has 0 aromatic rings. The molecule has 0 radical (unpaired) electrons. The number of sulfone groups is 1. The lowest BCUT2D eigenvalue weighted by molar-refractivity contribution is -0.109. The second-order valence-corrected chi connectivity index (χ2v) is 10.4. The maximum atomic E-state index is 11.7. The van der Waals surface area contributed by atoms with Gasteiger partial charge in [-0.3, -0.25) is 10.6 Å². The Hall–Kier alpha value is -0.210. The summed E-state index contributed by atoms with van der Waals surface area (Å²) in [5.41, 5.74) is 0. The topological polar surface area (TPSA) is 76.7 Å². The number of ether oxygens (including phenoxy) is 2. The van der Waals surface area contributed by atoms with Crippen LogP contribution in [0, 0.1) is 11.8 Å². The lowest BCUT2D eigenvalue weighted by Crippen LogP contribution is -2.65. The Morgan fingerprint density at radius 2 is 1.72 bits per heavy atom. The minimum absolute atomic E-state index is 0.0185. The third kappa shape index (κ3) is 5.16. The average Bonchev–Trinajstić information content (AvgIpc) is 3.12. The van der Waals surface area contributed by atoms with Crippen molar-refractivity contribution in [3.63, 3.8) is 0 Å². The van der Waals surface area contributed by atoms with E-state index in [4.69, 9.17) is 9.47 Å². The van der Waals surface area contributed by atoms with Gasteiger partial charge in [0.25, 0.3) is 0 Å². The fraction of sp³-hybridized carbons (Fsp3) is 1.00. The minimum Gasteiger partial charge on any atom is -0.376 e. The van der Waals surface area contributed by atoms with Crippen molar-refractivity contribution in [2.24, 2.45) is 11.8 Å². The molecule has 3 rings (SSSR count). The smallest absolute Gasteiger partial charge is 0.150 e. The Bertz CT molecular complexity index is 513. The normalized spacial score (nSPS) is 38.1. The van der Waals surface area contributed by atoms with Crippen LogP contribution in [0.1, 0.15) is 51.4 Å². The van der Waals surface area contributed by atoms with Crippen molar-refractivity contribution in [1.29, 1.82) is 0 Å². The summed E-state index contributed by atoms with van der Waals surface area (Å²) in [5, 5.41) is 6.97. The van der Waals surface area contributed by atoms with Gasteiger partial charge in [0, 0.05) is 19.9 Å². The standard InChI is InChI=1S/C18H34N2O4S/c1-23-16-11-19-17(14-7-9-15(10-8-14)25(2,21)22)20-18(16)24-12-13-5-3-4-6-13/h13-20H,3-12H2,1-2H3. The van der Waals surface area contributed by atoms with E-state index in [2.05, 4.69) is 10.6 Å². The highest BCUT2D eigenvalue weighted by molar-refractivity contribution is 7.91. The Balaban J connectivity index is 1.51. The molecule has 1 aliphatic heterocycles. The second-order valence-electron chi connectivity index (χ2n) is 8.10. The van der Waals surface area contributed by atoms with Gasteiger partial charge < -0.3 is 9.47 Å². The summed E-state index contributed by atoms with van der Waals surface area (Å²) in [6.45, 7) is 1.58. The SMILES string of the molecule is COC1CNC(C2CCC(S(C)(=O)=O)CC2)NC1OCC1CCCC1. The molecule has 2 N–H and O–H groups in total. The maximum absolute atomic E-state index is 11.7. The predicted molar refractivity (Wildman–Crippen MR) is 98.0 cm³/mol. The molecule has 0 spiro atoms. The van der Waals surface area contributed by atoms with Gasteiger partial charge in [0.05, 0.1) is 18.0 Å². The van der Waals surface area contributed by atoms with E-state index in [-0.39, 0.29) is 23.7 Å². The van der Waals surface area contributed by atoms with Crippen LogP contribution in [-0.4, -0.2) is 58.7 Å². The molecule has 3 unspecified atom stereocenters. The van der Waals surface area contributed by atoms with Crippen molar-refractivity contribution in [3.8, 4) is 0 Å². The maximum Gasteiger partial charge on any atom is 0.150 e. The molecule has 6 nitrogen and oxygen atoms in total. The molecule has 1 heterocycles. The first-order valence-corrected chi connectivity index (χ1v) is 11.8. The highest BCUT2D eigenvalue weighted by Gasteiger charge is 2.37. The van der Waals surface area contributed by atoms with Crippen molar-refractivity contribution < 1.29 is 17.9 Å². The number of nitrogens with one attached hydrogen (secondary N) is 2. The van der Waals surface area contributed by atoms with Gasteiger partial charge >= 0.3 is 0 Å². The highest BCUT2D eigenvalue weighted by Crippen LogP contribution is 2.31. The first kappa shape index (κ1) is 19.5. The molecule has 3 fully saturated rings. The molecule has 2 saturated carbocycles. The van der Waals surface area contributed by atoms with Crippen molar-refractivity contribution >= 4 is 9.84 Å². The van der Waals surface area contributed by atoms with Crippen molar-refractivity contribution in [3.05, 3.63) is 0 Å². The van der Waals surface area contributed by atoms with Gasteiger partial charge in [0.2, 0.25) is 0 Å². The molecule has 7 heteroatoms. The monoisotopic (exact) mass is 374 g/mol. The van der Waals surface area contributed by atoms with Gasteiger partial charge in [0.15, 0.2) is 0 Å². The molecule has 0 aromatic heterocycles. The van der Waals surface area contributed by atoms with Gasteiger partial charge in [0.1, 0.15) is 22.2 Å². The molecule has 0 aromatic carbocycles. The number of methoxy groups -OCH3 is 1. The van der Waals surface area contributed by atoms with Crippen molar-refractivity contribution in [1.82, 2.24) is 10.6 Å². The molecule has 3 atom stereocenters. The van der Waals surface area contributed by atoms with E-state index in [0.717, 1.165) is 38.8 Å². The summed E-state index contributed by atoms with van der Waals surface area (Å²) in [5.74, 6) is 1.14. The van der Waals surface area contributed by atoms with Crippen LogP contribution in [-0.2, 0) is 19.3 Å². The minimum atomic E-state index is -2.91. The lowest BCUT2D eigenvalue weighted by atomic mass is 9.86. The first-order chi connectivity index (χ1) is 12.0. The molecule has 3 aliphatic rings. The summed E-state index contributed by atoms with van der Waals surface area (Å²) in [6, 6.07) is 0. The average molecular weight is 375 g/mol. The van der Waals surface area contributed by atoms with Crippen LogP contribution in [0.25, 0.3) is 0 Å². The fourth-order valence-electron chi connectivity index (χ4n) is 4.63. The third-order valence-corrected chi connectivity index (χ3v) is 7.99. The van der Waals surface area contributed by atoms with Crippen LogP contribution in [0.2, 0.25) is 0 Å². The molecule has 0 bridgehead atoms. The molecule has 146 valence electrons. The van der Waals surface area contributed by atoms with E-state index in [0.29, 0.717) is 11.8 Å². The van der Waals surface area contributed by atoms with Gasteiger partial charge in [-0.2, -0.15) is 0 Å². The van der Waals surface area contributed by atoms with Gasteiger partial charge in [-0.05, 0) is 50.4 Å². The van der Waals surface area contributed by atoms with E-state index in [1.165, 1.54) is 31.9 Å². The largest absolute Gasteiger partial charge is 0.376 e. The number of hydrogen-bond donors (Lipinski definition) is 2. The molecule has 25 heavy (non-hydrogen) atoms. The van der Waals surface area contributed by atoms with Crippen LogP contribution in [0.5, 0.6) is 0 Å². The Morgan fingerprint density at radius 3 is 2.32 bits per heavy atom. The van der Waals surface area contributed by atoms with E-state index in [1.807, 2.05) is 0 Å². The zero-order valence-corrected chi connectivity index (χ0v) is 16.4. The highest BCUT2D eigenvalue weighted by atomic mass is 32.2. The quantitative estimate of drug-likeness (QED) is 0.736. The van der Waals surface area contributed by atoms with E-state index in [9.17, 15) is 8.42 Å². The summed E-state index contributed by atoms with van der Waals surface area (Å²) >= 11 is 0. The second kappa shape index (κ2) is 8.65. The van der Waals surface area contributed by atoms with Gasteiger partial charge in [-0.1, -0.05) is 12.8 Å². The molecule has 2 aliphatic carbocycles. The Labute approximate surface area is 152 Å². The van der Waals surface area contributed by atoms with Crippen molar-refractivity contribution in [2.75, 3.05) is 26.5 Å². The van der Waals surface area contributed by atoms with Crippen molar-refractivity contribution in [2.45, 2.75) is 75.1 Å². The Morgan fingerprint density at radius 1 is 1.04 bits per heavy atom. The molecule has 0 amide bonds. The summed E-state index contributed by atoms with van der Waals surface area (Å²) in [4.78, 5) is 0. The van der Waals surface area contributed by atoms with Crippen LogP contribution in [0.4, 0.5) is 0 Å². The summed E-state index contributed by atoms with van der Waals surface area (Å²) < 4.78 is 35.3.